The van der Waals surface area contributed by atoms with Gasteiger partial charge in [-0.05, 0) is 19.1 Å². The molecule has 0 bridgehead atoms. The molecule has 1 fully saturated rings. The van der Waals surface area contributed by atoms with Gasteiger partial charge in [0.25, 0.3) is 5.91 Å². The van der Waals surface area contributed by atoms with Gasteiger partial charge in [-0.1, -0.05) is 0 Å². The van der Waals surface area contributed by atoms with Crippen LogP contribution in [0.2, 0.25) is 0 Å². The normalized spacial score (nSPS) is 15.5. The number of aryl methyl sites for hydroxylation is 1. The van der Waals surface area contributed by atoms with Crippen molar-refractivity contribution in [2.45, 2.75) is 6.92 Å². The lowest BCUT2D eigenvalue weighted by Gasteiger charge is -2.26. The van der Waals surface area contributed by atoms with Gasteiger partial charge in [0.1, 0.15) is 5.76 Å². The van der Waals surface area contributed by atoms with E-state index in [2.05, 4.69) is 0 Å². The number of morpholine rings is 1. The van der Waals surface area contributed by atoms with Crippen molar-refractivity contribution in [3.63, 3.8) is 0 Å². The van der Waals surface area contributed by atoms with Gasteiger partial charge in [-0.3, -0.25) is 4.79 Å². The number of hydrogen-bond donors (Lipinski definition) is 0. The van der Waals surface area contributed by atoms with Crippen LogP contribution in [0.4, 0.5) is 0 Å². The summed E-state index contributed by atoms with van der Waals surface area (Å²) in [4.78, 5) is 24.9. The fourth-order valence-electron chi connectivity index (χ4n) is 1.65. The molecule has 98 valence electrons. The molecule has 0 N–H and O–H groups in total. The summed E-state index contributed by atoms with van der Waals surface area (Å²) < 4.78 is 15.1. The Morgan fingerprint density at radius 3 is 2.67 bits per heavy atom. The lowest BCUT2D eigenvalue weighted by atomic mass is 10.4. The highest BCUT2D eigenvalue weighted by molar-refractivity contribution is 5.88. The first kappa shape index (κ1) is 12.6. The lowest BCUT2D eigenvalue weighted by molar-refractivity contribution is -0.138. The van der Waals surface area contributed by atoms with Gasteiger partial charge in [0, 0.05) is 13.1 Å². The summed E-state index contributed by atoms with van der Waals surface area (Å²) in [5.41, 5.74) is 0. The van der Waals surface area contributed by atoms with Crippen molar-refractivity contribution in [2.24, 2.45) is 0 Å². The number of hydrogen-bond acceptors (Lipinski definition) is 5. The van der Waals surface area contributed by atoms with E-state index >= 15 is 0 Å². The largest absolute Gasteiger partial charge is 0.454 e. The second-order valence-corrected chi connectivity index (χ2v) is 3.98. The summed E-state index contributed by atoms with van der Waals surface area (Å²) in [5.74, 6) is -0.0941. The Hall–Kier alpha value is -1.82. The maximum absolute atomic E-state index is 11.7. The molecule has 6 heteroatoms. The fraction of sp³-hybridized carbons (Fsp3) is 0.500. The third-order valence-corrected chi connectivity index (χ3v) is 2.63. The molecule has 1 aliphatic rings. The smallest absolute Gasteiger partial charge is 0.374 e. The van der Waals surface area contributed by atoms with E-state index in [0.29, 0.717) is 32.1 Å². The standard InChI is InChI=1S/C12H15NO5/c1-9-2-3-10(18-9)12(15)17-8-11(14)13-4-6-16-7-5-13/h2-3H,4-8H2,1H3. The molecular formula is C12H15NO5. The third-order valence-electron chi connectivity index (χ3n) is 2.63. The third kappa shape index (κ3) is 3.10. The minimum Gasteiger partial charge on any atom is -0.454 e. The fourth-order valence-corrected chi connectivity index (χ4v) is 1.65. The summed E-state index contributed by atoms with van der Waals surface area (Å²) in [6.45, 7) is 3.59. The monoisotopic (exact) mass is 253 g/mol. The molecule has 1 aliphatic heterocycles. The van der Waals surface area contributed by atoms with Gasteiger partial charge in [0.05, 0.1) is 13.2 Å². The Bertz CT molecular complexity index is 433. The minimum absolute atomic E-state index is 0.113. The van der Waals surface area contributed by atoms with Crippen LogP contribution in [0, 0.1) is 6.92 Å². The summed E-state index contributed by atoms with van der Waals surface area (Å²) in [7, 11) is 0. The van der Waals surface area contributed by atoms with E-state index < -0.39 is 5.97 Å². The van der Waals surface area contributed by atoms with Crippen LogP contribution in [0.5, 0.6) is 0 Å². The highest BCUT2D eigenvalue weighted by Gasteiger charge is 2.19. The molecule has 0 aliphatic carbocycles. The van der Waals surface area contributed by atoms with E-state index in [1.807, 2.05) is 0 Å². The number of carbonyl (C=O) groups excluding carboxylic acids is 2. The predicted octanol–water partition coefficient (Wildman–Crippen LogP) is 0.604. The number of rotatable bonds is 3. The van der Waals surface area contributed by atoms with Gasteiger partial charge >= 0.3 is 5.97 Å². The van der Waals surface area contributed by atoms with Gasteiger partial charge in [-0.15, -0.1) is 0 Å². The van der Waals surface area contributed by atoms with Crippen LogP contribution in [0.1, 0.15) is 16.3 Å². The zero-order valence-electron chi connectivity index (χ0n) is 10.2. The number of nitrogens with zero attached hydrogens (tertiary/aromatic N) is 1. The molecule has 2 rings (SSSR count). The van der Waals surface area contributed by atoms with Crippen molar-refractivity contribution < 1.29 is 23.5 Å². The van der Waals surface area contributed by atoms with E-state index in [4.69, 9.17) is 13.9 Å². The van der Waals surface area contributed by atoms with Crippen LogP contribution in [0.25, 0.3) is 0 Å². The average molecular weight is 253 g/mol. The van der Waals surface area contributed by atoms with E-state index in [0.717, 1.165) is 0 Å². The molecule has 1 amide bonds. The van der Waals surface area contributed by atoms with Crippen molar-refractivity contribution in [1.29, 1.82) is 0 Å². The number of ether oxygens (including phenoxy) is 2. The van der Waals surface area contributed by atoms with E-state index in [-0.39, 0.29) is 18.3 Å². The molecule has 0 saturated carbocycles. The second-order valence-electron chi connectivity index (χ2n) is 3.98. The summed E-state index contributed by atoms with van der Waals surface area (Å²) in [6.07, 6.45) is 0. The van der Waals surface area contributed by atoms with E-state index in [9.17, 15) is 9.59 Å². The van der Waals surface area contributed by atoms with Crippen molar-refractivity contribution in [1.82, 2.24) is 4.90 Å². The summed E-state index contributed by atoms with van der Waals surface area (Å²) in [5, 5.41) is 0. The zero-order valence-corrected chi connectivity index (χ0v) is 10.2. The van der Waals surface area contributed by atoms with Gasteiger partial charge in [-0.25, -0.2) is 4.79 Å². The van der Waals surface area contributed by atoms with Gasteiger partial charge < -0.3 is 18.8 Å². The van der Waals surface area contributed by atoms with Crippen LogP contribution >= 0.6 is 0 Å². The molecular weight excluding hydrogens is 238 g/mol. The Kier molecular flexibility index (Phi) is 3.99. The molecule has 6 nitrogen and oxygen atoms in total. The SMILES string of the molecule is Cc1ccc(C(=O)OCC(=O)N2CCOCC2)o1. The highest BCUT2D eigenvalue weighted by Crippen LogP contribution is 2.08. The van der Waals surface area contributed by atoms with Crippen LogP contribution in [-0.4, -0.2) is 49.7 Å². The minimum atomic E-state index is -0.621. The van der Waals surface area contributed by atoms with E-state index in [1.54, 1.807) is 17.9 Å². The lowest BCUT2D eigenvalue weighted by Crippen LogP contribution is -2.42. The van der Waals surface area contributed by atoms with Crippen molar-refractivity contribution in [3.05, 3.63) is 23.7 Å². The summed E-state index contributed by atoms with van der Waals surface area (Å²) >= 11 is 0. The van der Waals surface area contributed by atoms with Crippen LogP contribution in [0.3, 0.4) is 0 Å². The first-order valence-corrected chi connectivity index (χ1v) is 5.76. The number of carbonyl (C=O) groups is 2. The van der Waals surface area contributed by atoms with Crippen LogP contribution in [0.15, 0.2) is 16.5 Å². The van der Waals surface area contributed by atoms with Crippen molar-refractivity contribution in [3.8, 4) is 0 Å². The number of amides is 1. The van der Waals surface area contributed by atoms with Gasteiger partial charge in [-0.2, -0.15) is 0 Å². The predicted molar refractivity (Wildman–Crippen MR) is 61.1 cm³/mol. The molecule has 1 saturated heterocycles. The molecule has 0 unspecified atom stereocenters. The molecule has 18 heavy (non-hydrogen) atoms. The number of furan rings is 1. The number of esters is 1. The van der Waals surface area contributed by atoms with Crippen molar-refractivity contribution >= 4 is 11.9 Å². The molecule has 1 aromatic heterocycles. The van der Waals surface area contributed by atoms with Crippen molar-refractivity contribution in [2.75, 3.05) is 32.9 Å². The average Bonchev–Trinajstić information content (AvgIpc) is 2.83. The van der Waals surface area contributed by atoms with Gasteiger partial charge in [0.15, 0.2) is 6.61 Å². The molecule has 0 aromatic carbocycles. The first-order chi connectivity index (χ1) is 8.66. The topological polar surface area (TPSA) is 69.0 Å². The first-order valence-electron chi connectivity index (χ1n) is 5.76. The zero-order chi connectivity index (χ0) is 13.0. The second kappa shape index (κ2) is 5.68. The molecule has 0 atom stereocenters. The molecule has 0 spiro atoms. The molecule has 0 radical (unpaired) electrons. The summed E-state index contributed by atoms with van der Waals surface area (Å²) in [6, 6.07) is 3.19. The maximum atomic E-state index is 11.7. The molecule has 2 heterocycles. The van der Waals surface area contributed by atoms with Crippen LogP contribution < -0.4 is 0 Å². The van der Waals surface area contributed by atoms with Crippen LogP contribution in [-0.2, 0) is 14.3 Å². The quantitative estimate of drug-likeness (QED) is 0.738. The Morgan fingerprint density at radius 1 is 1.33 bits per heavy atom. The van der Waals surface area contributed by atoms with Gasteiger partial charge in [0.2, 0.25) is 5.76 Å². The Morgan fingerprint density at radius 2 is 2.06 bits per heavy atom. The van der Waals surface area contributed by atoms with E-state index in [1.165, 1.54) is 6.07 Å². The highest BCUT2D eigenvalue weighted by atomic mass is 16.5. The Labute approximate surface area is 104 Å². The maximum Gasteiger partial charge on any atom is 0.374 e. The Balaban J connectivity index is 1.80. The molecule has 1 aromatic rings.